The van der Waals surface area contributed by atoms with E-state index in [0.29, 0.717) is 11.3 Å². The highest BCUT2D eigenvalue weighted by Gasteiger charge is 2.32. The molecule has 0 heterocycles. The van der Waals surface area contributed by atoms with Gasteiger partial charge in [-0.1, -0.05) is 0 Å². The van der Waals surface area contributed by atoms with Crippen molar-refractivity contribution < 1.29 is 19.7 Å². The van der Waals surface area contributed by atoms with Crippen LogP contribution in [0.4, 0.5) is 0 Å². The number of aromatic hydroxyl groups is 1. The summed E-state index contributed by atoms with van der Waals surface area (Å²) in [7, 11) is 1.49. The van der Waals surface area contributed by atoms with Gasteiger partial charge in [0.15, 0.2) is 0 Å². The minimum absolute atomic E-state index is 0.0387. The molecule has 15 heavy (non-hydrogen) atoms. The molecular weight excluding hydrogens is 196 g/mol. The molecule has 0 atom stereocenters. The summed E-state index contributed by atoms with van der Waals surface area (Å²) in [5, 5.41) is 18.6. The average Bonchev–Trinajstić information content (AvgIpc) is 2.18. The van der Waals surface area contributed by atoms with Crippen LogP contribution in [0.25, 0.3) is 0 Å². The van der Waals surface area contributed by atoms with Crippen molar-refractivity contribution in [2.45, 2.75) is 19.3 Å². The number of carbonyl (C=O) groups is 1. The molecule has 0 fully saturated rings. The zero-order chi connectivity index (χ0) is 11.6. The number of benzene rings is 1. The molecule has 4 nitrogen and oxygen atoms in total. The Balaban J connectivity index is 3.29. The number of ether oxygens (including phenoxy) is 1. The number of hydrogen-bond acceptors (Lipinski definition) is 3. The van der Waals surface area contributed by atoms with E-state index >= 15 is 0 Å². The van der Waals surface area contributed by atoms with Crippen molar-refractivity contribution >= 4 is 5.97 Å². The van der Waals surface area contributed by atoms with Gasteiger partial charge in [0, 0.05) is 5.56 Å². The highest BCUT2D eigenvalue weighted by molar-refractivity contribution is 5.81. The average molecular weight is 210 g/mol. The molecule has 0 spiro atoms. The third-order valence-electron chi connectivity index (χ3n) is 2.41. The molecule has 0 amide bonds. The number of hydrogen-bond donors (Lipinski definition) is 2. The zero-order valence-electron chi connectivity index (χ0n) is 8.94. The lowest BCUT2D eigenvalue weighted by Gasteiger charge is -2.21. The summed E-state index contributed by atoms with van der Waals surface area (Å²) in [6, 6.07) is 4.54. The molecule has 0 unspecified atom stereocenters. The topological polar surface area (TPSA) is 66.8 Å². The summed E-state index contributed by atoms with van der Waals surface area (Å²) in [5.41, 5.74) is -0.798. The first-order valence-electron chi connectivity index (χ1n) is 4.50. The summed E-state index contributed by atoms with van der Waals surface area (Å²) in [5.74, 6) is -0.508. The van der Waals surface area contributed by atoms with E-state index in [0.717, 1.165) is 0 Å². The number of aliphatic carboxylic acids is 1. The predicted molar refractivity (Wildman–Crippen MR) is 55.3 cm³/mol. The number of rotatable bonds is 3. The molecule has 0 aromatic heterocycles. The van der Waals surface area contributed by atoms with Crippen LogP contribution in [0.3, 0.4) is 0 Å². The van der Waals surface area contributed by atoms with Crippen molar-refractivity contribution in [1.82, 2.24) is 0 Å². The Morgan fingerprint density at radius 1 is 1.40 bits per heavy atom. The van der Waals surface area contributed by atoms with Crippen LogP contribution < -0.4 is 4.74 Å². The van der Waals surface area contributed by atoms with Gasteiger partial charge in [0.05, 0.1) is 12.5 Å². The lowest BCUT2D eigenvalue weighted by molar-refractivity contribution is -0.142. The summed E-state index contributed by atoms with van der Waals surface area (Å²) in [6.45, 7) is 3.06. The SMILES string of the molecule is COc1ccc(O)c(C(C)(C)C(=O)O)c1. The quantitative estimate of drug-likeness (QED) is 0.797. The van der Waals surface area contributed by atoms with Crippen LogP contribution in [-0.2, 0) is 10.2 Å². The standard InChI is InChI=1S/C11H14O4/c1-11(2,10(13)14)8-6-7(15-3)4-5-9(8)12/h4-6,12H,1-3H3,(H,13,14). The molecule has 0 saturated heterocycles. The molecule has 0 aliphatic rings. The first-order valence-corrected chi connectivity index (χ1v) is 4.50. The first kappa shape index (κ1) is 11.4. The van der Waals surface area contributed by atoms with E-state index in [1.54, 1.807) is 6.07 Å². The molecule has 0 radical (unpaired) electrons. The Bertz CT molecular complexity index is 382. The van der Waals surface area contributed by atoms with Crippen molar-refractivity contribution in [2.24, 2.45) is 0 Å². The number of carboxylic acids is 1. The highest BCUT2D eigenvalue weighted by atomic mass is 16.5. The molecule has 0 aliphatic heterocycles. The van der Waals surface area contributed by atoms with Crippen molar-refractivity contribution in [1.29, 1.82) is 0 Å². The van der Waals surface area contributed by atoms with Gasteiger partial charge < -0.3 is 14.9 Å². The summed E-state index contributed by atoms with van der Waals surface area (Å²) < 4.78 is 4.98. The van der Waals surface area contributed by atoms with Crippen molar-refractivity contribution in [3.63, 3.8) is 0 Å². The Hall–Kier alpha value is -1.71. The van der Waals surface area contributed by atoms with E-state index in [4.69, 9.17) is 9.84 Å². The Morgan fingerprint density at radius 2 is 2.00 bits per heavy atom. The molecular formula is C11H14O4. The van der Waals surface area contributed by atoms with Gasteiger partial charge in [-0.25, -0.2) is 0 Å². The van der Waals surface area contributed by atoms with E-state index in [9.17, 15) is 9.90 Å². The number of carboxylic acid groups (broad SMARTS) is 1. The fourth-order valence-corrected chi connectivity index (χ4v) is 1.26. The van der Waals surface area contributed by atoms with Crippen molar-refractivity contribution in [3.8, 4) is 11.5 Å². The molecule has 4 heteroatoms. The number of phenols is 1. The van der Waals surface area contributed by atoms with Crippen LogP contribution in [0.5, 0.6) is 11.5 Å². The number of phenolic OH excluding ortho intramolecular Hbond substituents is 1. The molecule has 0 aliphatic carbocycles. The Kier molecular flexibility index (Phi) is 2.88. The van der Waals surface area contributed by atoms with Crippen LogP contribution in [0.15, 0.2) is 18.2 Å². The first-order chi connectivity index (χ1) is 6.89. The van der Waals surface area contributed by atoms with Crippen LogP contribution in [-0.4, -0.2) is 23.3 Å². The molecule has 1 aromatic rings. The number of methoxy groups -OCH3 is 1. The highest BCUT2D eigenvalue weighted by Crippen LogP contribution is 2.33. The van der Waals surface area contributed by atoms with E-state index in [1.807, 2.05) is 0 Å². The second-order valence-corrected chi connectivity index (χ2v) is 3.81. The molecule has 0 bridgehead atoms. The van der Waals surface area contributed by atoms with Gasteiger partial charge in [0.25, 0.3) is 0 Å². The van der Waals surface area contributed by atoms with Crippen LogP contribution in [0, 0.1) is 0 Å². The maximum absolute atomic E-state index is 11.0. The molecule has 1 aromatic carbocycles. The van der Waals surface area contributed by atoms with Gasteiger partial charge in [-0.2, -0.15) is 0 Å². The van der Waals surface area contributed by atoms with E-state index < -0.39 is 11.4 Å². The maximum Gasteiger partial charge on any atom is 0.313 e. The predicted octanol–water partition coefficient (Wildman–Crippen LogP) is 1.76. The Morgan fingerprint density at radius 3 is 2.47 bits per heavy atom. The van der Waals surface area contributed by atoms with Gasteiger partial charge in [-0.15, -0.1) is 0 Å². The van der Waals surface area contributed by atoms with Crippen LogP contribution >= 0.6 is 0 Å². The van der Waals surface area contributed by atoms with E-state index in [2.05, 4.69) is 0 Å². The largest absolute Gasteiger partial charge is 0.508 e. The molecule has 1 rings (SSSR count). The third-order valence-corrected chi connectivity index (χ3v) is 2.41. The monoisotopic (exact) mass is 210 g/mol. The van der Waals surface area contributed by atoms with Gasteiger partial charge >= 0.3 is 5.97 Å². The van der Waals surface area contributed by atoms with E-state index in [-0.39, 0.29) is 5.75 Å². The minimum atomic E-state index is -1.14. The van der Waals surface area contributed by atoms with Crippen molar-refractivity contribution in [2.75, 3.05) is 7.11 Å². The lowest BCUT2D eigenvalue weighted by Crippen LogP contribution is -2.28. The second kappa shape index (κ2) is 3.81. The van der Waals surface area contributed by atoms with E-state index in [1.165, 1.54) is 33.1 Å². The normalized spacial score (nSPS) is 11.1. The van der Waals surface area contributed by atoms with Gasteiger partial charge in [-0.3, -0.25) is 4.79 Å². The lowest BCUT2D eigenvalue weighted by atomic mass is 9.84. The maximum atomic E-state index is 11.0. The zero-order valence-corrected chi connectivity index (χ0v) is 8.94. The fourth-order valence-electron chi connectivity index (χ4n) is 1.26. The second-order valence-electron chi connectivity index (χ2n) is 3.81. The third kappa shape index (κ3) is 2.03. The van der Waals surface area contributed by atoms with Gasteiger partial charge in [-0.05, 0) is 32.0 Å². The fraction of sp³-hybridized carbons (Fsp3) is 0.364. The van der Waals surface area contributed by atoms with Crippen LogP contribution in [0.2, 0.25) is 0 Å². The minimum Gasteiger partial charge on any atom is -0.508 e. The molecule has 0 saturated carbocycles. The molecule has 82 valence electrons. The smallest absolute Gasteiger partial charge is 0.313 e. The summed E-state index contributed by atoms with van der Waals surface area (Å²) in [6.07, 6.45) is 0. The Labute approximate surface area is 88.1 Å². The summed E-state index contributed by atoms with van der Waals surface area (Å²) >= 11 is 0. The molecule has 2 N–H and O–H groups in total. The van der Waals surface area contributed by atoms with Crippen molar-refractivity contribution in [3.05, 3.63) is 23.8 Å². The van der Waals surface area contributed by atoms with Gasteiger partial charge in [0.1, 0.15) is 11.5 Å². The summed E-state index contributed by atoms with van der Waals surface area (Å²) in [4.78, 5) is 11.0. The van der Waals surface area contributed by atoms with Crippen LogP contribution in [0.1, 0.15) is 19.4 Å². The van der Waals surface area contributed by atoms with Gasteiger partial charge in [0.2, 0.25) is 0 Å².